The highest BCUT2D eigenvalue weighted by atomic mass is 16.6. The van der Waals surface area contributed by atoms with Crippen LogP contribution in [0.25, 0.3) is 0 Å². The highest BCUT2D eigenvalue weighted by Gasteiger charge is 2.43. The third-order valence-corrected chi connectivity index (χ3v) is 3.06. The second kappa shape index (κ2) is 5.44. The molecule has 0 saturated carbocycles. The Bertz CT molecular complexity index is 594. The van der Waals surface area contributed by atoms with E-state index in [1.54, 1.807) is 0 Å². The molecule has 10 nitrogen and oxygen atoms in total. The fourth-order valence-electron chi connectivity index (χ4n) is 1.98. The van der Waals surface area contributed by atoms with Crippen molar-refractivity contribution in [3.63, 3.8) is 0 Å². The van der Waals surface area contributed by atoms with Crippen molar-refractivity contribution in [2.45, 2.75) is 30.8 Å². The number of nitrogens with one attached hydrogen (secondary N) is 1. The van der Waals surface area contributed by atoms with E-state index in [0.29, 0.717) is 4.57 Å². The lowest BCUT2D eigenvalue weighted by Crippen LogP contribution is -2.39. The van der Waals surface area contributed by atoms with Gasteiger partial charge in [0.05, 0.1) is 12.2 Å². The van der Waals surface area contributed by atoms with Gasteiger partial charge in [-0.2, -0.15) is 0 Å². The Labute approximate surface area is 111 Å². The van der Waals surface area contributed by atoms with E-state index in [0.717, 1.165) is 6.20 Å². The van der Waals surface area contributed by atoms with E-state index in [2.05, 4.69) is 0 Å². The molecular weight excluding hydrogens is 276 g/mol. The van der Waals surface area contributed by atoms with E-state index in [1.165, 1.54) is 0 Å². The summed E-state index contributed by atoms with van der Waals surface area (Å²) in [5.74, 6) is 0. The molecule has 1 aromatic heterocycles. The second-order valence-electron chi connectivity index (χ2n) is 4.35. The zero-order chi connectivity index (χ0) is 15.0. The van der Waals surface area contributed by atoms with E-state index >= 15 is 0 Å². The first-order chi connectivity index (χ1) is 9.36. The third kappa shape index (κ3) is 2.40. The highest BCUT2D eigenvalue weighted by Crippen LogP contribution is 2.28. The summed E-state index contributed by atoms with van der Waals surface area (Å²) in [5, 5.41) is 46.3. The number of nitrogens with zero attached hydrogens (tertiary/aromatic N) is 1. The molecule has 112 valence electrons. The summed E-state index contributed by atoms with van der Waals surface area (Å²) in [5.41, 5.74) is -2.48. The number of ether oxygens (including phenoxy) is 1. The molecule has 6 N–H and O–H groups in total. The molecule has 0 bridgehead atoms. The molecule has 0 aromatic carbocycles. The van der Waals surface area contributed by atoms with Crippen LogP contribution in [0.4, 0.5) is 0 Å². The van der Waals surface area contributed by atoms with Crippen LogP contribution in [0.5, 0.6) is 0 Å². The summed E-state index contributed by atoms with van der Waals surface area (Å²) in [6.45, 7) is -0.581. The van der Waals surface area contributed by atoms with Crippen molar-refractivity contribution in [2.24, 2.45) is 0 Å². The first kappa shape index (κ1) is 14.8. The zero-order valence-electron chi connectivity index (χ0n) is 10.1. The molecule has 1 saturated heterocycles. The summed E-state index contributed by atoms with van der Waals surface area (Å²) in [4.78, 5) is 24.8. The number of hydrogen-bond donors (Lipinski definition) is 6. The Hall–Kier alpha value is -1.56. The zero-order valence-corrected chi connectivity index (χ0v) is 10.1. The van der Waals surface area contributed by atoms with Gasteiger partial charge in [-0.25, -0.2) is 4.79 Å². The van der Waals surface area contributed by atoms with Gasteiger partial charge in [0.1, 0.15) is 18.3 Å². The van der Waals surface area contributed by atoms with Crippen LogP contribution < -0.4 is 11.2 Å². The van der Waals surface area contributed by atoms with Crippen LogP contribution >= 0.6 is 0 Å². The fraction of sp³-hybridized carbons (Fsp3) is 0.600. The minimum absolute atomic E-state index is 0.526. The molecule has 20 heavy (non-hydrogen) atoms. The van der Waals surface area contributed by atoms with Gasteiger partial charge < -0.3 is 30.3 Å². The van der Waals surface area contributed by atoms with Crippen molar-refractivity contribution in [3.8, 4) is 0 Å². The van der Waals surface area contributed by atoms with Gasteiger partial charge in [0.2, 0.25) is 0 Å². The molecule has 0 amide bonds. The Morgan fingerprint density at radius 3 is 2.45 bits per heavy atom. The van der Waals surface area contributed by atoms with Crippen molar-refractivity contribution in [1.82, 2.24) is 9.55 Å². The minimum atomic E-state index is -2.12. The highest BCUT2D eigenvalue weighted by molar-refractivity contribution is 5.07. The van der Waals surface area contributed by atoms with Gasteiger partial charge in [0, 0.05) is 6.20 Å². The lowest BCUT2D eigenvalue weighted by Gasteiger charge is -2.18. The van der Waals surface area contributed by atoms with Gasteiger partial charge in [0.15, 0.2) is 12.5 Å². The van der Waals surface area contributed by atoms with Crippen LogP contribution in [0.2, 0.25) is 0 Å². The Morgan fingerprint density at radius 1 is 1.30 bits per heavy atom. The predicted octanol–water partition coefficient (Wildman–Crippen LogP) is -3.87. The smallest absolute Gasteiger partial charge is 0.330 e. The molecule has 2 rings (SSSR count). The van der Waals surface area contributed by atoms with Crippen LogP contribution in [-0.2, 0) is 4.74 Å². The van der Waals surface area contributed by atoms with Crippen LogP contribution in [-0.4, -0.2) is 60.0 Å². The summed E-state index contributed by atoms with van der Waals surface area (Å²) >= 11 is 0. The number of aromatic amines is 1. The largest absolute Gasteiger partial charge is 0.394 e. The number of H-pyrrole nitrogens is 1. The quantitative estimate of drug-likeness (QED) is 0.308. The van der Waals surface area contributed by atoms with Crippen LogP contribution in [0, 0.1) is 0 Å². The molecule has 0 radical (unpaired) electrons. The third-order valence-electron chi connectivity index (χ3n) is 3.06. The van der Waals surface area contributed by atoms with Gasteiger partial charge in [-0.3, -0.25) is 14.3 Å². The topological polar surface area (TPSA) is 165 Å². The Kier molecular flexibility index (Phi) is 4.04. The van der Waals surface area contributed by atoms with Crippen LogP contribution in [0.15, 0.2) is 15.8 Å². The van der Waals surface area contributed by atoms with Crippen LogP contribution in [0.1, 0.15) is 18.1 Å². The number of rotatable bonds is 3. The standard InChI is InChI=1S/C10H14N2O8/c13-2-4-5(14)6(15)8(20-4)12-1-3(9(17)18)7(16)11-10(12)19/h1,4-6,8-9,13-15,17-18H,2H2,(H,11,16,19)/t4?,5-,6-,8?/m1/s1. The summed E-state index contributed by atoms with van der Waals surface area (Å²) < 4.78 is 5.81. The Morgan fingerprint density at radius 2 is 1.95 bits per heavy atom. The molecule has 0 aliphatic carbocycles. The maximum absolute atomic E-state index is 11.7. The van der Waals surface area contributed by atoms with E-state index in [9.17, 15) is 19.8 Å². The monoisotopic (exact) mass is 290 g/mol. The normalized spacial score (nSPS) is 30.1. The maximum atomic E-state index is 11.7. The van der Waals surface area contributed by atoms with Gasteiger partial charge in [0.25, 0.3) is 5.56 Å². The molecule has 1 aliphatic rings. The van der Waals surface area contributed by atoms with E-state index in [4.69, 9.17) is 20.1 Å². The van der Waals surface area contributed by atoms with E-state index in [-0.39, 0.29) is 0 Å². The Balaban J connectivity index is 2.46. The molecule has 2 unspecified atom stereocenters. The van der Waals surface area contributed by atoms with Gasteiger partial charge in [-0.15, -0.1) is 0 Å². The first-order valence-corrected chi connectivity index (χ1v) is 5.70. The number of aliphatic hydroxyl groups excluding tert-OH is 4. The van der Waals surface area contributed by atoms with E-state index < -0.39 is 54.2 Å². The number of aliphatic hydroxyl groups is 5. The molecule has 1 aliphatic heterocycles. The van der Waals surface area contributed by atoms with Crippen molar-refractivity contribution >= 4 is 0 Å². The SMILES string of the molecule is O=c1[nH]c(=O)n(C2OC(CO)[C@@H](O)[C@H]2O)cc1C(O)O. The first-order valence-electron chi connectivity index (χ1n) is 5.70. The van der Waals surface area contributed by atoms with Gasteiger partial charge in [-0.1, -0.05) is 0 Å². The number of aromatic nitrogens is 2. The second-order valence-corrected chi connectivity index (χ2v) is 4.35. The summed E-state index contributed by atoms with van der Waals surface area (Å²) in [6, 6.07) is 0. The van der Waals surface area contributed by atoms with Crippen molar-refractivity contribution in [2.75, 3.05) is 6.61 Å². The van der Waals surface area contributed by atoms with Crippen LogP contribution in [0.3, 0.4) is 0 Å². The molecule has 1 fully saturated rings. The molecule has 2 heterocycles. The maximum Gasteiger partial charge on any atom is 0.330 e. The van der Waals surface area contributed by atoms with Crippen molar-refractivity contribution in [3.05, 3.63) is 32.6 Å². The predicted molar refractivity (Wildman–Crippen MR) is 61.5 cm³/mol. The average molecular weight is 290 g/mol. The molecule has 10 heteroatoms. The number of hydrogen-bond acceptors (Lipinski definition) is 8. The van der Waals surface area contributed by atoms with Crippen molar-refractivity contribution < 1.29 is 30.3 Å². The molecular formula is C10H14N2O8. The molecule has 4 atom stereocenters. The summed E-state index contributed by atoms with van der Waals surface area (Å²) in [6.07, 6.45) is -6.74. The van der Waals surface area contributed by atoms with Gasteiger partial charge in [-0.05, 0) is 0 Å². The van der Waals surface area contributed by atoms with Gasteiger partial charge >= 0.3 is 5.69 Å². The minimum Gasteiger partial charge on any atom is -0.394 e. The van der Waals surface area contributed by atoms with Crippen molar-refractivity contribution in [1.29, 1.82) is 0 Å². The van der Waals surface area contributed by atoms with E-state index in [1.807, 2.05) is 4.98 Å². The lowest BCUT2D eigenvalue weighted by atomic mass is 10.1. The fourth-order valence-corrected chi connectivity index (χ4v) is 1.98. The lowest BCUT2D eigenvalue weighted by molar-refractivity contribution is -0.0595. The molecule has 0 spiro atoms. The average Bonchev–Trinajstić information content (AvgIpc) is 2.66. The summed E-state index contributed by atoms with van der Waals surface area (Å²) in [7, 11) is 0. The molecule has 1 aromatic rings.